The van der Waals surface area contributed by atoms with Gasteiger partial charge in [-0.2, -0.15) is 0 Å². The summed E-state index contributed by atoms with van der Waals surface area (Å²) >= 11 is 5.36. The fourth-order valence-corrected chi connectivity index (χ4v) is 0.519. The van der Waals surface area contributed by atoms with E-state index in [4.69, 9.17) is 11.6 Å². The summed E-state index contributed by atoms with van der Waals surface area (Å²) in [6.45, 7) is 3.70. The lowest BCUT2D eigenvalue weighted by atomic mass is 10.3. The lowest BCUT2D eigenvalue weighted by molar-refractivity contribution is -0.140. The van der Waals surface area contributed by atoms with E-state index >= 15 is 0 Å². The van der Waals surface area contributed by atoms with Crippen LogP contribution in [0.2, 0.25) is 0 Å². The molecule has 0 spiro atoms. The van der Waals surface area contributed by atoms with Crippen molar-refractivity contribution in [2.45, 2.75) is 20.3 Å². The zero-order valence-electron chi connectivity index (χ0n) is 6.19. The normalized spacial score (nSPS) is 11.3. The molecule has 0 aliphatic carbocycles. The molecule has 0 rings (SSSR count). The molecule has 0 aliphatic rings. The molecule has 0 aromatic carbocycles. The molecule has 10 heavy (non-hydrogen) atoms. The molecule has 0 unspecified atom stereocenters. The second-order valence-electron chi connectivity index (χ2n) is 2.05. The molecule has 0 saturated carbocycles. The van der Waals surface area contributed by atoms with Gasteiger partial charge in [0.25, 0.3) is 0 Å². The summed E-state index contributed by atoms with van der Waals surface area (Å²) in [5.41, 5.74) is 2.51. The van der Waals surface area contributed by atoms with Gasteiger partial charge in [-0.15, -0.1) is 0 Å². The van der Waals surface area contributed by atoms with Gasteiger partial charge >= 0.3 is 5.97 Å². The van der Waals surface area contributed by atoms with Gasteiger partial charge in [-0.05, 0) is 6.92 Å². The summed E-state index contributed by atoms with van der Waals surface area (Å²) in [7, 11) is 0. The third-order valence-electron chi connectivity index (χ3n) is 0.988. The van der Waals surface area contributed by atoms with Crippen molar-refractivity contribution in [1.82, 2.24) is 0 Å². The van der Waals surface area contributed by atoms with Crippen LogP contribution >= 0.6 is 11.6 Å². The summed E-state index contributed by atoms with van der Waals surface area (Å²) in [5.74, 6) is -0.248. The Morgan fingerprint density at radius 2 is 2.20 bits per heavy atom. The Kier molecular flexibility index (Phi) is 5.03. The largest absolute Gasteiger partial charge is 0.466 e. The highest BCUT2D eigenvalue weighted by atomic mass is 35.5. The van der Waals surface area contributed by atoms with Crippen molar-refractivity contribution in [2.24, 2.45) is 0 Å². The second kappa shape index (κ2) is 5.30. The summed E-state index contributed by atoms with van der Waals surface area (Å²) in [6, 6.07) is 0. The summed E-state index contributed by atoms with van der Waals surface area (Å²) in [6.07, 6.45) is 0.711. The highest BCUT2D eigenvalue weighted by molar-refractivity contribution is 6.25. The van der Waals surface area contributed by atoms with Crippen molar-refractivity contribution < 1.29 is 9.53 Å². The van der Waals surface area contributed by atoms with E-state index in [1.165, 1.54) is 12.5 Å². The van der Waals surface area contributed by atoms with E-state index in [-0.39, 0.29) is 5.97 Å². The van der Waals surface area contributed by atoms with Crippen LogP contribution in [0, 0.1) is 0 Å². The molecule has 0 aromatic rings. The minimum atomic E-state index is -0.248. The summed E-state index contributed by atoms with van der Waals surface area (Å²) in [4.78, 5) is 10.2. The topological polar surface area (TPSA) is 26.3 Å². The number of halogens is 1. The molecule has 0 aliphatic heterocycles. The van der Waals surface area contributed by atoms with Crippen molar-refractivity contribution in [3.63, 3.8) is 0 Å². The Hall–Kier alpha value is -0.500. The van der Waals surface area contributed by atoms with Gasteiger partial charge in [0.2, 0.25) is 0 Å². The average molecular weight is 163 g/mol. The van der Waals surface area contributed by atoms with Crippen LogP contribution in [0.3, 0.4) is 0 Å². The van der Waals surface area contributed by atoms with Crippen LogP contribution in [0.5, 0.6) is 0 Å². The second-order valence-corrected chi connectivity index (χ2v) is 2.26. The number of hydrogen-bond donors (Lipinski definition) is 0. The predicted octanol–water partition coefficient (Wildman–Crippen LogP) is 2.08. The van der Waals surface area contributed by atoms with Crippen LogP contribution in [-0.4, -0.2) is 12.6 Å². The lowest BCUT2D eigenvalue weighted by Gasteiger charge is -1.99. The van der Waals surface area contributed by atoms with Crippen molar-refractivity contribution in [3.8, 4) is 0 Å². The van der Waals surface area contributed by atoms with E-state index in [0.29, 0.717) is 13.0 Å². The van der Waals surface area contributed by atoms with Crippen molar-refractivity contribution >= 4 is 17.6 Å². The maximum absolute atomic E-state index is 10.2. The first-order chi connectivity index (χ1) is 4.66. The average Bonchev–Trinajstić information content (AvgIpc) is 1.87. The van der Waals surface area contributed by atoms with Gasteiger partial charge < -0.3 is 4.74 Å². The molecule has 0 N–H and O–H groups in total. The van der Waals surface area contributed by atoms with E-state index in [1.54, 1.807) is 0 Å². The van der Waals surface area contributed by atoms with Crippen LogP contribution in [0.4, 0.5) is 0 Å². The van der Waals surface area contributed by atoms with E-state index in [2.05, 4.69) is 4.74 Å². The maximum atomic E-state index is 10.2. The monoisotopic (exact) mass is 162 g/mol. The maximum Gasteiger partial charge on any atom is 0.302 e. The molecule has 0 bridgehead atoms. The number of hydrogen-bond acceptors (Lipinski definition) is 2. The van der Waals surface area contributed by atoms with Gasteiger partial charge in [-0.3, -0.25) is 4.79 Å². The number of esters is 1. The van der Waals surface area contributed by atoms with Crippen LogP contribution in [0.15, 0.2) is 11.1 Å². The van der Waals surface area contributed by atoms with E-state index in [0.717, 1.165) is 5.57 Å². The molecule has 3 heteroatoms. The van der Waals surface area contributed by atoms with E-state index in [1.807, 2.05) is 6.92 Å². The van der Waals surface area contributed by atoms with Gasteiger partial charge in [0, 0.05) is 18.9 Å². The molecule has 2 nitrogen and oxygen atoms in total. The molecule has 58 valence electrons. The van der Waals surface area contributed by atoms with Crippen LogP contribution in [-0.2, 0) is 9.53 Å². The first kappa shape index (κ1) is 9.50. The van der Waals surface area contributed by atoms with E-state index in [9.17, 15) is 4.79 Å². The van der Waals surface area contributed by atoms with Gasteiger partial charge in [0.15, 0.2) is 0 Å². The fraction of sp³-hybridized carbons (Fsp3) is 0.571. The quantitative estimate of drug-likeness (QED) is 0.594. The molecule has 0 amide bonds. The van der Waals surface area contributed by atoms with Crippen molar-refractivity contribution in [1.29, 1.82) is 0 Å². The molecular formula is C7H11ClO2. The smallest absolute Gasteiger partial charge is 0.302 e. The highest BCUT2D eigenvalue weighted by Crippen LogP contribution is 2.00. The molecule has 0 radical (unpaired) electrons. The van der Waals surface area contributed by atoms with Crippen LogP contribution in [0.1, 0.15) is 20.3 Å². The molecular weight excluding hydrogens is 152 g/mol. The van der Waals surface area contributed by atoms with Crippen molar-refractivity contribution in [2.75, 3.05) is 6.61 Å². The Labute approximate surface area is 65.8 Å². The number of carbonyl (C=O) groups excluding carboxylic acids is 1. The Morgan fingerprint density at radius 3 is 2.60 bits per heavy atom. The third kappa shape index (κ3) is 5.63. The molecule has 0 fully saturated rings. The Bertz CT molecular complexity index is 141. The highest BCUT2D eigenvalue weighted by Gasteiger charge is 1.92. The number of rotatable bonds is 3. The first-order valence-electron chi connectivity index (χ1n) is 3.06. The molecule has 0 heterocycles. The summed E-state index contributed by atoms with van der Waals surface area (Å²) in [5, 5.41) is 0. The van der Waals surface area contributed by atoms with Gasteiger partial charge in [0.05, 0.1) is 6.61 Å². The van der Waals surface area contributed by atoms with Gasteiger partial charge in [0.1, 0.15) is 0 Å². The lowest BCUT2D eigenvalue weighted by Crippen LogP contribution is -2.00. The zero-order valence-corrected chi connectivity index (χ0v) is 6.94. The van der Waals surface area contributed by atoms with Gasteiger partial charge in [-0.25, -0.2) is 0 Å². The SMILES string of the molecule is CC(=O)OCCC(C)=CCl. The minimum Gasteiger partial charge on any atom is -0.466 e. The third-order valence-corrected chi connectivity index (χ3v) is 1.36. The standard InChI is InChI=1S/C7H11ClO2/c1-6(5-8)3-4-10-7(2)9/h5H,3-4H2,1-2H3. The molecule has 0 saturated heterocycles. The number of carbonyl (C=O) groups is 1. The predicted molar refractivity (Wildman–Crippen MR) is 40.9 cm³/mol. The Morgan fingerprint density at radius 1 is 1.60 bits per heavy atom. The molecule has 0 atom stereocenters. The van der Waals surface area contributed by atoms with Crippen LogP contribution in [0.25, 0.3) is 0 Å². The van der Waals surface area contributed by atoms with Crippen molar-refractivity contribution in [3.05, 3.63) is 11.1 Å². The molecule has 0 aromatic heterocycles. The fourth-order valence-electron chi connectivity index (χ4n) is 0.410. The van der Waals surface area contributed by atoms with Gasteiger partial charge in [-0.1, -0.05) is 17.2 Å². The Balaban J connectivity index is 3.29. The minimum absolute atomic E-state index is 0.248. The summed E-state index contributed by atoms with van der Waals surface area (Å²) < 4.78 is 4.68. The number of ether oxygens (including phenoxy) is 1. The zero-order chi connectivity index (χ0) is 7.98. The first-order valence-corrected chi connectivity index (χ1v) is 3.49. The van der Waals surface area contributed by atoms with E-state index < -0.39 is 0 Å². The van der Waals surface area contributed by atoms with Crippen LogP contribution < -0.4 is 0 Å².